The number of pyridine rings is 1. The van der Waals surface area contributed by atoms with Crippen molar-refractivity contribution in [1.29, 1.82) is 0 Å². The van der Waals surface area contributed by atoms with E-state index in [1.807, 2.05) is 22.9 Å². The Balaban J connectivity index is 2.52. The van der Waals surface area contributed by atoms with Crippen molar-refractivity contribution >= 4 is 32.7 Å². The van der Waals surface area contributed by atoms with E-state index in [9.17, 15) is 4.79 Å². The van der Waals surface area contributed by atoms with E-state index in [1.165, 1.54) is 0 Å². The van der Waals surface area contributed by atoms with Gasteiger partial charge in [-0.1, -0.05) is 0 Å². The maximum atomic E-state index is 11.0. The van der Waals surface area contributed by atoms with Gasteiger partial charge in [0.15, 0.2) is 0 Å². The van der Waals surface area contributed by atoms with Gasteiger partial charge in [0.25, 0.3) is 0 Å². The van der Waals surface area contributed by atoms with Crippen molar-refractivity contribution in [2.24, 2.45) is 0 Å². The largest absolute Gasteiger partial charge is 0.325 e. The number of Topliss-reactive ketones (excluding diaryl/α,β-unsaturated/α-hetero) is 1. The molecule has 0 aliphatic carbocycles. The van der Waals surface area contributed by atoms with Gasteiger partial charge in [0, 0.05) is 22.3 Å². The number of fused-ring (bicyclic) bond motifs is 1. The standard InChI is InChI=1S/C10H9BrN2O/c1-7(14)6-13-3-2-8-4-9(11)5-12-10(8)13/h2-5H,6H2,1H3. The Hall–Kier alpha value is -1.16. The zero-order valence-electron chi connectivity index (χ0n) is 7.70. The lowest BCUT2D eigenvalue weighted by atomic mass is 10.3. The summed E-state index contributed by atoms with van der Waals surface area (Å²) in [5, 5.41) is 1.04. The Morgan fingerprint density at radius 2 is 2.43 bits per heavy atom. The second kappa shape index (κ2) is 3.53. The van der Waals surface area contributed by atoms with Crippen molar-refractivity contribution in [3.8, 4) is 0 Å². The van der Waals surface area contributed by atoms with Crippen molar-refractivity contribution in [3.05, 3.63) is 29.0 Å². The summed E-state index contributed by atoms with van der Waals surface area (Å²) in [6, 6.07) is 3.94. The van der Waals surface area contributed by atoms with Gasteiger partial charge in [-0.05, 0) is 35.0 Å². The fourth-order valence-corrected chi connectivity index (χ4v) is 1.77. The molecule has 0 N–H and O–H groups in total. The molecule has 0 spiro atoms. The summed E-state index contributed by atoms with van der Waals surface area (Å²) in [5.41, 5.74) is 0.850. The fraction of sp³-hybridized carbons (Fsp3) is 0.200. The van der Waals surface area contributed by atoms with E-state index in [4.69, 9.17) is 0 Å². The number of halogens is 1. The minimum absolute atomic E-state index is 0.132. The van der Waals surface area contributed by atoms with Gasteiger partial charge in [0.1, 0.15) is 11.4 Å². The molecule has 0 aromatic carbocycles. The summed E-state index contributed by atoms with van der Waals surface area (Å²) < 4.78 is 2.80. The molecule has 0 amide bonds. The molecule has 0 radical (unpaired) electrons. The van der Waals surface area contributed by atoms with Crippen molar-refractivity contribution in [2.75, 3.05) is 0 Å². The summed E-state index contributed by atoms with van der Waals surface area (Å²) in [5.74, 6) is 0.132. The number of rotatable bonds is 2. The monoisotopic (exact) mass is 252 g/mol. The van der Waals surface area contributed by atoms with E-state index in [-0.39, 0.29) is 5.78 Å². The van der Waals surface area contributed by atoms with Crippen LogP contribution < -0.4 is 0 Å². The summed E-state index contributed by atoms with van der Waals surface area (Å²) in [6.45, 7) is 1.96. The first kappa shape index (κ1) is 9.40. The quantitative estimate of drug-likeness (QED) is 0.823. The van der Waals surface area contributed by atoms with Crippen LogP contribution in [0.3, 0.4) is 0 Å². The maximum absolute atomic E-state index is 11.0. The van der Waals surface area contributed by atoms with E-state index >= 15 is 0 Å². The molecule has 0 atom stereocenters. The lowest BCUT2D eigenvalue weighted by Gasteiger charge is -2.00. The van der Waals surface area contributed by atoms with Crippen LogP contribution in [0.15, 0.2) is 29.0 Å². The first-order valence-corrected chi connectivity index (χ1v) is 5.06. The second-order valence-corrected chi connectivity index (χ2v) is 4.13. The fourth-order valence-electron chi connectivity index (χ4n) is 1.42. The first-order chi connectivity index (χ1) is 6.66. The van der Waals surface area contributed by atoms with E-state index in [1.54, 1.807) is 13.1 Å². The zero-order valence-corrected chi connectivity index (χ0v) is 9.28. The highest BCUT2D eigenvalue weighted by Crippen LogP contribution is 2.18. The van der Waals surface area contributed by atoms with Gasteiger partial charge < -0.3 is 4.57 Å². The average Bonchev–Trinajstić information content (AvgIpc) is 2.47. The topological polar surface area (TPSA) is 34.9 Å². The van der Waals surface area contributed by atoms with Crippen LogP contribution >= 0.6 is 15.9 Å². The summed E-state index contributed by atoms with van der Waals surface area (Å²) in [6.07, 6.45) is 3.62. The molecule has 2 aromatic rings. The normalized spacial score (nSPS) is 10.7. The molecule has 2 heterocycles. The van der Waals surface area contributed by atoms with Gasteiger partial charge in [-0.2, -0.15) is 0 Å². The van der Waals surface area contributed by atoms with Gasteiger partial charge in [-0.15, -0.1) is 0 Å². The minimum Gasteiger partial charge on any atom is -0.325 e. The third-order valence-corrected chi connectivity index (χ3v) is 2.39. The van der Waals surface area contributed by atoms with Crippen molar-refractivity contribution in [2.45, 2.75) is 13.5 Å². The lowest BCUT2D eigenvalue weighted by Crippen LogP contribution is -2.05. The summed E-state index contributed by atoms with van der Waals surface area (Å²) in [7, 11) is 0. The number of carbonyl (C=O) groups is 1. The number of aromatic nitrogens is 2. The van der Waals surface area contributed by atoms with Crippen LogP contribution in [0.2, 0.25) is 0 Å². The number of hydrogen-bond acceptors (Lipinski definition) is 2. The molecule has 72 valence electrons. The first-order valence-electron chi connectivity index (χ1n) is 4.26. The van der Waals surface area contributed by atoms with Gasteiger partial charge in [0.05, 0.1) is 6.54 Å². The number of ketones is 1. The molecular formula is C10H9BrN2O. The summed E-state index contributed by atoms with van der Waals surface area (Å²) in [4.78, 5) is 15.2. The Morgan fingerprint density at radius 1 is 1.64 bits per heavy atom. The molecule has 0 aliphatic heterocycles. The van der Waals surface area contributed by atoms with Gasteiger partial charge in [-0.25, -0.2) is 4.98 Å². The minimum atomic E-state index is 0.132. The molecule has 3 nitrogen and oxygen atoms in total. The Kier molecular flexibility index (Phi) is 2.37. The second-order valence-electron chi connectivity index (χ2n) is 3.21. The smallest absolute Gasteiger partial charge is 0.149 e. The van der Waals surface area contributed by atoms with Gasteiger partial charge in [-0.3, -0.25) is 4.79 Å². The number of carbonyl (C=O) groups excluding carboxylic acids is 1. The lowest BCUT2D eigenvalue weighted by molar-refractivity contribution is -0.117. The highest BCUT2D eigenvalue weighted by Gasteiger charge is 2.03. The third-order valence-electron chi connectivity index (χ3n) is 1.96. The molecule has 0 bridgehead atoms. The zero-order chi connectivity index (χ0) is 10.1. The molecule has 0 aliphatic rings. The van der Waals surface area contributed by atoms with Crippen molar-refractivity contribution in [3.63, 3.8) is 0 Å². The molecule has 0 saturated heterocycles. The molecule has 2 aromatic heterocycles. The highest BCUT2D eigenvalue weighted by molar-refractivity contribution is 9.10. The van der Waals surface area contributed by atoms with Crippen LogP contribution in [-0.2, 0) is 11.3 Å². The van der Waals surface area contributed by atoms with Crippen LogP contribution in [0.5, 0.6) is 0 Å². The van der Waals surface area contributed by atoms with E-state index < -0.39 is 0 Å². The van der Waals surface area contributed by atoms with Crippen molar-refractivity contribution < 1.29 is 4.79 Å². The van der Waals surface area contributed by atoms with E-state index in [2.05, 4.69) is 20.9 Å². The Labute approximate surface area is 89.9 Å². The molecular weight excluding hydrogens is 244 g/mol. The average molecular weight is 253 g/mol. The molecule has 0 saturated carbocycles. The maximum Gasteiger partial charge on any atom is 0.149 e. The molecule has 2 rings (SSSR count). The predicted octanol–water partition coefficient (Wildman–Crippen LogP) is 2.39. The van der Waals surface area contributed by atoms with Crippen LogP contribution in [0, 0.1) is 0 Å². The van der Waals surface area contributed by atoms with Gasteiger partial charge >= 0.3 is 0 Å². The molecule has 4 heteroatoms. The van der Waals surface area contributed by atoms with Crippen LogP contribution in [0.4, 0.5) is 0 Å². The summed E-state index contributed by atoms with van der Waals surface area (Å²) >= 11 is 3.35. The number of hydrogen-bond donors (Lipinski definition) is 0. The highest BCUT2D eigenvalue weighted by atomic mass is 79.9. The van der Waals surface area contributed by atoms with Crippen molar-refractivity contribution in [1.82, 2.24) is 9.55 Å². The third kappa shape index (κ3) is 1.70. The predicted molar refractivity (Wildman–Crippen MR) is 58.1 cm³/mol. The number of nitrogens with zero attached hydrogens (tertiary/aromatic N) is 2. The van der Waals surface area contributed by atoms with Crippen LogP contribution in [0.1, 0.15) is 6.92 Å². The van der Waals surface area contributed by atoms with Crippen LogP contribution in [-0.4, -0.2) is 15.3 Å². The molecule has 0 unspecified atom stereocenters. The molecule has 14 heavy (non-hydrogen) atoms. The van der Waals surface area contributed by atoms with E-state index in [0.29, 0.717) is 6.54 Å². The van der Waals surface area contributed by atoms with E-state index in [0.717, 1.165) is 15.5 Å². The Morgan fingerprint density at radius 3 is 3.14 bits per heavy atom. The SMILES string of the molecule is CC(=O)Cn1ccc2cc(Br)cnc21. The van der Waals surface area contributed by atoms with Gasteiger partial charge in [0.2, 0.25) is 0 Å². The molecule has 0 fully saturated rings. The Bertz CT molecular complexity index is 490. The van der Waals surface area contributed by atoms with Crippen LogP contribution in [0.25, 0.3) is 11.0 Å².